The fourth-order valence-electron chi connectivity index (χ4n) is 7.32. The van der Waals surface area contributed by atoms with Crippen molar-refractivity contribution in [2.45, 2.75) is 68.1 Å². The summed E-state index contributed by atoms with van der Waals surface area (Å²) in [5.41, 5.74) is 1.27. The predicted molar refractivity (Wildman–Crippen MR) is 130 cm³/mol. The molecule has 28 heavy (non-hydrogen) atoms. The molecule has 0 saturated carbocycles. The van der Waals surface area contributed by atoms with Crippen molar-refractivity contribution in [2.75, 3.05) is 0 Å². The molecule has 0 unspecified atom stereocenters. The van der Waals surface area contributed by atoms with Crippen LogP contribution in [0.2, 0.25) is 6.25 Å². The van der Waals surface area contributed by atoms with Crippen molar-refractivity contribution < 1.29 is 18.3 Å². The first-order chi connectivity index (χ1) is 12.0. The second kappa shape index (κ2) is 8.01. The summed E-state index contributed by atoms with van der Waals surface area (Å²) < 4.78 is 5.28. The van der Waals surface area contributed by atoms with Gasteiger partial charge in [0.25, 0.3) is 0 Å². The van der Waals surface area contributed by atoms with Crippen LogP contribution in [-0.2, 0) is 18.3 Å². The van der Waals surface area contributed by atoms with Gasteiger partial charge in [0.15, 0.2) is 0 Å². The Morgan fingerprint density at radius 1 is 0.929 bits per heavy atom. The summed E-state index contributed by atoms with van der Waals surface area (Å²) in [6.07, 6.45) is 8.19. The monoisotopic (exact) mass is 499 g/mol. The van der Waals surface area contributed by atoms with Crippen molar-refractivity contribution in [3.05, 3.63) is 51.8 Å². The van der Waals surface area contributed by atoms with Crippen LogP contribution in [0.5, 0.6) is 0 Å². The van der Waals surface area contributed by atoms with E-state index < -0.39 is 18.3 Å². The van der Waals surface area contributed by atoms with Crippen molar-refractivity contribution in [3.63, 3.8) is 0 Å². The van der Waals surface area contributed by atoms with Crippen molar-refractivity contribution in [2.24, 2.45) is 0 Å². The maximum absolute atomic E-state index is 3.97. The van der Waals surface area contributed by atoms with Crippen LogP contribution in [0, 0.1) is 0 Å². The van der Waals surface area contributed by atoms with Gasteiger partial charge in [0, 0.05) is 0 Å². The Morgan fingerprint density at radius 2 is 1.50 bits per heavy atom. The van der Waals surface area contributed by atoms with Crippen molar-refractivity contribution in [1.82, 2.24) is 4.98 Å². The Kier molecular flexibility index (Phi) is 7.33. The van der Waals surface area contributed by atoms with E-state index in [-0.39, 0.29) is 31.1 Å². The van der Waals surface area contributed by atoms with E-state index >= 15 is 0 Å². The van der Waals surface area contributed by atoms with Gasteiger partial charge in [-0.3, -0.25) is 0 Å². The minimum atomic E-state index is -3.97. The molecule has 156 valence electrons. The molecule has 4 heteroatoms. The van der Waals surface area contributed by atoms with Gasteiger partial charge in [0.05, 0.1) is 0 Å². The Balaban J connectivity index is 0.00000196. The third kappa shape index (κ3) is 2.85. The number of nitrogens with one attached hydrogen (secondary N) is 1. The maximum atomic E-state index is 3.95. The SMILES string of the molecule is C[C](C)=[Zr]([C]1=CC=CC1)([c]1cc2ccccc2[nH]1)([C](C)(C)C)[C](C)(C)C.Cl.Cl. The first-order valence-corrected chi connectivity index (χ1v) is 16.0. The fourth-order valence-corrected chi connectivity index (χ4v) is 37.1. The Hall–Kier alpha value is -0.427. The molecule has 2 aromatic rings. The molecule has 0 aliphatic heterocycles. The molecule has 1 aromatic heterocycles. The molecule has 0 fully saturated rings. The number of fused-ring (bicyclic) bond motifs is 1. The van der Waals surface area contributed by atoms with Gasteiger partial charge in [-0.25, -0.2) is 0 Å². The summed E-state index contributed by atoms with van der Waals surface area (Å²) in [5, 5.41) is 1.34. The number of hydrogen-bond donors (Lipinski definition) is 1. The molecule has 0 bridgehead atoms. The number of aromatic amines is 1. The number of halogens is 2. The van der Waals surface area contributed by atoms with Gasteiger partial charge in [0.2, 0.25) is 0 Å². The number of hydrogen-bond acceptors (Lipinski definition) is 0. The average molecular weight is 502 g/mol. The average Bonchev–Trinajstić information content (AvgIpc) is 3.14. The third-order valence-electron chi connectivity index (χ3n) is 7.48. The molecule has 0 amide bonds. The molecular formula is C24H37Cl2NZr. The van der Waals surface area contributed by atoms with Gasteiger partial charge < -0.3 is 0 Å². The van der Waals surface area contributed by atoms with Crippen LogP contribution in [0.25, 0.3) is 10.9 Å². The number of para-hydroxylation sites is 1. The summed E-state index contributed by atoms with van der Waals surface area (Å²) >= 11 is -3.97. The van der Waals surface area contributed by atoms with E-state index in [1.54, 1.807) is 6.49 Å². The van der Waals surface area contributed by atoms with E-state index in [2.05, 4.69) is 109 Å². The maximum Gasteiger partial charge on any atom is -0.147 e. The van der Waals surface area contributed by atoms with Gasteiger partial charge in [-0.05, 0) is 0 Å². The van der Waals surface area contributed by atoms with Crippen LogP contribution in [0.1, 0.15) is 61.8 Å². The molecule has 0 radical (unpaired) electrons. The van der Waals surface area contributed by atoms with E-state index in [0.29, 0.717) is 0 Å². The summed E-state index contributed by atoms with van der Waals surface area (Å²) in [4.78, 5) is 3.95. The Morgan fingerprint density at radius 3 is 1.93 bits per heavy atom. The minimum absolute atomic E-state index is 0. The topological polar surface area (TPSA) is 15.8 Å². The van der Waals surface area contributed by atoms with Gasteiger partial charge in [-0.15, -0.1) is 24.8 Å². The Labute approximate surface area is 184 Å². The largest absolute Gasteiger partial charge is 0.147 e. The van der Waals surface area contributed by atoms with Gasteiger partial charge in [0.1, 0.15) is 0 Å². The number of aromatic nitrogens is 1. The number of rotatable bonds is 2. The molecule has 1 aliphatic carbocycles. The van der Waals surface area contributed by atoms with Gasteiger partial charge in [-0.1, -0.05) is 0 Å². The summed E-state index contributed by atoms with van der Waals surface area (Å²) in [7, 11) is 0. The van der Waals surface area contributed by atoms with Crippen LogP contribution in [0.4, 0.5) is 0 Å². The second-order valence-corrected chi connectivity index (χ2v) is 29.2. The van der Waals surface area contributed by atoms with Crippen LogP contribution in [-0.4, -0.2) is 8.19 Å². The van der Waals surface area contributed by atoms with Crippen LogP contribution in [0.3, 0.4) is 0 Å². The van der Waals surface area contributed by atoms with Crippen LogP contribution < -0.4 is 3.40 Å². The predicted octanol–water partition coefficient (Wildman–Crippen LogP) is 7.82. The molecule has 1 aliphatic rings. The number of H-pyrrole nitrogens is 1. The third-order valence-corrected chi connectivity index (χ3v) is 34.5. The van der Waals surface area contributed by atoms with Crippen LogP contribution in [0.15, 0.2) is 51.8 Å². The molecule has 1 aromatic carbocycles. The summed E-state index contributed by atoms with van der Waals surface area (Å²) in [6, 6.07) is 11.2. The first kappa shape index (κ1) is 25.6. The van der Waals surface area contributed by atoms with Crippen LogP contribution >= 0.6 is 24.8 Å². The van der Waals surface area contributed by atoms with Crippen molar-refractivity contribution in [1.29, 1.82) is 0 Å². The molecule has 0 atom stereocenters. The van der Waals surface area contributed by atoms with E-state index in [1.807, 2.05) is 0 Å². The molecule has 0 saturated heterocycles. The van der Waals surface area contributed by atoms with Gasteiger partial charge >= 0.3 is 161 Å². The Bertz CT molecular complexity index is 937. The van der Waals surface area contributed by atoms with E-state index in [9.17, 15) is 0 Å². The second-order valence-electron chi connectivity index (χ2n) is 10.3. The van der Waals surface area contributed by atoms with E-state index in [4.69, 9.17) is 0 Å². The zero-order valence-corrected chi connectivity index (χ0v) is 22.7. The smallest absolute Gasteiger partial charge is 0.147 e. The van der Waals surface area contributed by atoms with Crippen molar-refractivity contribution in [3.8, 4) is 0 Å². The zero-order chi connectivity index (χ0) is 19.4. The number of allylic oxidation sites excluding steroid dienone is 4. The molecule has 1 heterocycles. The normalized spacial score (nSPS) is 15.1. The van der Waals surface area contributed by atoms with E-state index in [1.165, 1.54) is 14.3 Å². The fraction of sp³-hybridized carbons (Fsp3) is 0.458. The van der Waals surface area contributed by atoms with Crippen molar-refractivity contribution >= 4 is 42.3 Å². The summed E-state index contributed by atoms with van der Waals surface area (Å²) in [5.74, 6) is 0. The standard InChI is InChI=1S/C8H6N.C5H5.2C4H9.C3H6.2ClH.Zr/c1-2-4-8-7(3-1)5-6-9-8;1-2-4-5-3-1;2*1-4(2)3;1-3-2;;;/h1-5,9H;1-3H,4H2;2*1-3H3;1-2H3;2*1H;. The first-order valence-electron chi connectivity index (χ1n) is 9.87. The summed E-state index contributed by atoms with van der Waals surface area (Å²) in [6.45, 7) is 19.9. The molecule has 1 nitrogen and oxygen atoms in total. The minimum Gasteiger partial charge on any atom is -0.147 e. The molecular weight excluding hydrogens is 464 g/mol. The zero-order valence-electron chi connectivity index (χ0n) is 18.6. The molecule has 1 N–H and O–H groups in total. The van der Waals surface area contributed by atoms with Gasteiger partial charge in [-0.2, -0.15) is 0 Å². The molecule has 3 rings (SSSR count). The quantitative estimate of drug-likeness (QED) is 0.432. The molecule has 0 spiro atoms. The van der Waals surface area contributed by atoms with E-state index in [0.717, 1.165) is 6.42 Å². The number of benzene rings is 1.